The van der Waals surface area contributed by atoms with E-state index in [0.717, 1.165) is 21.3 Å². The SMILES string of the molecule is CCn1c(=O)sc2cc(NC(=O)[C@H](C)Oc3ccc(C)cc3C)ccc21. The zero-order valence-electron chi connectivity index (χ0n) is 15.3. The molecule has 1 amide bonds. The van der Waals surface area contributed by atoms with Crippen molar-refractivity contribution in [3.63, 3.8) is 0 Å². The highest BCUT2D eigenvalue weighted by Crippen LogP contribution is 2.23. The predicted molar refractivity (Wildman–Crippen MR) is 106 cm³/mol. The number of hydrogen-bond acceptors (Lipinski definition) is 4. The average molecular weight is 370 g/mol. The molecule has 0 radical (unpaired) electrons. The number of carbonyl (C=O) groups is 1. The molecular formula is C20H22N2O3S. The van der Waals surface area contributed by atoms with E-state index in [1.54, 1.807) is 11.5 Å². The lowest BCUT2D eigenvalue weighted by Gasteiger charge is -2.16. The number of ether oxygens (including phenoxy) is 1. The van der Waals surface area contributed by atoms with Crippen LogP contribution in [0.5, 0.6) is 5.75 Å². The van der Waals surface area contributed by atoms with Gasteiger partial charge in [-0.25, -0.2) is 0 Å². The van der Waals surface area contributed by atoms with E-state index < -0.39 is 6.10 Å². The zero-order chi connectivity index (χ0) is 18.8. The van der Waals surface area contributed by atoms with Crippen LogP contribution in [0.4, 0.5) is 5.69 Å². The Hall–Kier alpha value is -2.60. The highest BCUT2D eigenvalue weighted by Gasteiger charge is 2.16. The van der Waals surface area contributed by atoms with Crippen LogP contribution in [-0.4, -0.2) is 16.6 Å². The molecule has 0 aliphatic carbocycles. The zero-order valence-corrected chi connectivity index (χ0v) is 16.1. The average Bonchev–Trinajstić information content (AvgIpc) is 2.91. The molecule has 0 saturated carbocycles. The van der Waals surface area contributed by atoms with Crippen LogP contribution in [-0.2, 0) is 11.3 Å². The van der Waals surface area contributed by atoms with Crippen LogP contribution in [0.25, 0.3) is 10.2 Å². The third-order valence-corrected chi connectivity index (χ3v) is 5.20. The number of hydrogen-bond donors (Lipinski definition) is 1. The standard InChI is InChI=1S/C20H22N2O3S/c1-5-22-16-8-7-15(11-18(16)26-20(22)24)21-19(23)14(4)25-17-9-6-12(2)10-13(17)3/h6-11,14H,5H2,1-4H3,(H,21,23)/t14-/m0/s1. The highest BCUT2D eigenvalue weighted by atomic mass is 32.1. The van der Waals surface area contributed by atoms with Gasteiger partial charge in [0.2, 0.25) is 0 Å². The molecule has 0 spiro atoms. The lowest BCUT2D eigenvalue weighted by molar-refractivity contribution is -0.122. The monoisotopic (exact) mass is 370 g/mol. The van der Waals surface area contributed by atoms with E-state index in [2.05, 4.69) is 5.32 Å². The summed E-state index contributed by atoms with van der Waals surface area (Å²) in [5, 5.41) is 2.86. The molecule has 0 fully saturated rings. The largest absolute Gasteiger partial charge is 0.481 e. The van der Waals surface area contributed by atoms with Crippen LogP contribution in [0.1, 0.15) is 25.0 Å². The Kier molecular flexibility index (Phi) is 5.13. The summed E-state index contributed by atoms with van der Waals surface area (Å²) in [7, 11) is 0. The first-order chi connectivity index (χ1) is 12.4. The van der Waals surface area contributed by atoms with Crippen molar-refractivity contribution in [1.82, 2.24) is 4.57 Å². The van der Waals surface area contributed by atoms with Gasteiger partial charge >= 0.3 is 4.87 Å². The van der Waals surface area contributed by atoms with Crippen LogP contribution in [0.3, 0.4) is 0 Å². The number of fused-ring (bicyclic) bond motifs is 1. The quantitative estimate of drug-likeness (QED) is 0.735. The topological polar surface area (TPSA) is 60.3 Å². The Bertz CT molecular complexity index is 1020. The number of nitrogens with zero attached hydrogens (tertiary/aromatic N) is 1. The van der Waals surface area contributed by atoms with Gasteiger partial charge in [0.15, 0.2) is 6.10 Å². The van der Waals surface area contributed by atoms with Gasteiger partial charge in [0.25, 0.3) is 5.91 Å². The minimum Gasteiger partial charge on any atom is -0.481 e. The Morgan fingerprint density at radius 2 is 2.00 bits per heavy atom. The first-order valence-electron chi connectivity index (χ1n) is 8.57. The summed E-state index contributed by atoms with van der Waals surface area (Å²) < 4.78 is 8.38. The Morgan fingerprint density at radius 1 is 1.23 bits per heavy atom. The first-order valence-corrected chi connectivity index (χ1v) is 9.39. The second-order valence-electron chi connectivity index (χ2n) is 6.31. The summed E-state index contributed by atoms with van der Waals surface area (Å²) in [6, 6.07) is 11.4. The fourth-order valence-corrected chi connectivity index (χ4v) is 3.86. The van der Waals surface area contributed by atoms with Gasteiger partial charge in [0.1, 0.15) is 5.75 Å². The maximum atomic E-state index is 12.5. The summed E-state index contributed by atoms with van der Waals surface area (Å²) in [6.07, 6.45) is -0.633. The van der Waals surface area contributed by atoms with E-state index >= 15 is 0 Å². The van der Waals surface area contributed by atoms with Crippen molar-refractivity contribution in [2.75, 3.05) is 5.32 Å². The van der Waals surface area contributed by atoms with Gasteiger partial charge in [-0.2, -0.15) is 0 Å². The number of benzene rings is 2. The molecular weight excluding hydrogens is 348 g/mol. The molecule has 0 aliphatic rings. The number of aryl methyl sites for hydroxylation is 3. The molecule has 1 aromatic heterocycles. The second kappa shape index (κ2) is 7.33. The van der Waals surface area contributed by atoms with Gasteiger partial charge in [-0.3, -0.25) is 14.2 Å². The summed E-state index contributed by atoms with van der Waals surface area (Å²) >= 11 is 1.18. The maximum Gasteiger partial charge on any atom is 0.308 e. The van der Waals surface area contributed by atoms with Crippen molar-refractivity contribution in [2.24, 2.45) is 0 Å². The minimum atomic E-state index is -0.633. The predicted octanol–water partition coefficient (Wildman–Crippen LogP) is 4.11. The molecule has 26 heavy (non-hydrogen) atoms. The molecule has 1 heterocycles. The number of carbonyl (C=O) groups excluding carboxylic acids is 1. The first kappa shape index (κ1) is 18.2. The molecule has 3 rings (SSSR count). The summed E-state index contributed by atoms with van der Waals surface area (Å²) in [5.74, 6) is 0.471. The van der Waals surface area contributed by atoms with Crippen LogP contribution in [0.2, 0.25) is 0 Å². The smallest absolute Gasteiger partial charge is 0.308 e. The minimum absolute atomic E-state index is 0.0116. The second-order valence-corrected chi connectivity index (χ2v) is 7.31. The van der Waals surface area contributed by atoms with Crippen molar-refractivity contribution < 1.29 is 9.53 Å². The molecule has 0 aliphatic heterocycles. The van der Waals surface area contributed by atoms with E-state index in [9.17, 15) is 9.59 Å². The molecule has 5 nitrogen and oxygen atoms in total. The summed E-state index contributed by atoms with van der Waals surface area (Å²) in [6.45, 7) is 8.27. The molecule has 0 unspecified atom stereocenters. The molecule has 1 N–H and O–H groups in total. The number of anilines is 1. The Balaban J connectivity index is 1.74. The molecule has 3 aromatic rings. The van der Waals surface area contributed by atoms with Gasteiger partial charge in [-0.1, -0.05) is 29.0 Å². The lowest BCUT2D eigenvalue weighted by Crippen LogP contribution is -2.30. The van der Waals surface area contributed by atoms with Crippen LogP contribution >= 0.6 is 11.3 Å². The molecule has 1 atom stereocenters. The van der Waals surface area contributed by atoms with Crippen molar-refractivity contribution in [1.29, 1.82) is 0 Å². The molecule has 0 bridgehead atoms. The molecule has 0 saturated heterocycles. The van der Waals surface area contributed by atoms with Crippen LogP contribution < -0.4 is 14.9 Å². The van der Waals surface area contributed by atoms with Crippen LogP contribution in [0.15, 0.2) is 41.2 Å². The highest BCUT2D eigenvalue weighted by molar-refractivity contribution is 7.16. The third kappa shape index (κ3) is 3.65. The van der Waals surface area contributed by atoms with Crippen molar-refractivity contribution in [2.45, 2.75) is 40.3 Å². The maximum absolute atomic E-state index is 12.5. The van der Waals surface area contributed by atoms with Crippen molar-refractivity contribution in [3.8, 4) is 5.75 Å². The fraction of sp³-hybridized carbons (Fsp3) is 0.300. The Morgan fingerprint density at radius 3 is 2.69 bits per heavy atom. The van der Waals surface area contributed by atoms with E-state index in [1.807, 2.05) is 57.2 Å². The Labute approximate surface area is 156 Å². The van der Waals surface area contributed by atoms with Gasteiger partial charge < -0.3 is 10.1 Å². The molecule has 136 valence electrons. The van der Waals surface area contributed by atoms with Gasteiger partial charge in [0, 0.05) is 12.2 Å². The number of aromatic nitrogens is 1. The number of nitrogens with one attached hydrogen (secondary N) is 1. The van der Waals surface area contributed by atoms with Gasteiger partial charge in [-0.05, 0) is 57.5 Å². The van der Waals surface area contributed by atoms with Gasteiger partial charge in [0.05, 0.1) is 10.2 Å². The number of amides is 1. The summed E-state index contributed by atoms with van der Waals surface area (Å²) in [4.78, 5) is 24.4. The van der Waals surface area contributed by atoms with E-state index in [0.29, 0.717) is 18.0 Å². The fourth-order valence-electron chi connectivity index (χ4n) is 2.86. The number of rotatable bonds is 5. The third-order valence-electron chi connectivity index (χ3n) is 4.26. The summed E-state index contributed by atoms with van der Waals surface area (Å²) in [5.41, 5.74) is 3.69. The lowest BCUT2D eigenvalue weighted by atomic mass is 10.1. The van der Waals surface area contributed by atoms with Gasteiger partial charge in [-0.15, -0.1) is 0 Å². The van der Waals surface area contributed by atoms with E-state index in [4.69, 9.17) is 4.74 Å². The molecule has 2 aromatic carbocycles. The normalized spacial score (nSPS) is 12.2. The van der Waals surface area contributed by atoms with Crippen molar-refractivity contribution >= 4 is 33.1 Å². The number of thiazole rings is 1. The van der Waals surface area contributed by atoms with E-state index in [-0.39, 0.29) is 10.8 Å². The van der Waals surface area contributed by atoms with Crippen molar-refractivity contribution in [3.05, 3.63) is 57.2 Å². The van der Waals surface area contributed by atoms with Crippen LogP contribution in [0, 0.1) is 13.8 Å². The van der Waals surface area contributed by atoms with E-state index in [1.165, 1.54) is 11.3 Å². The molecule has 6 heteroatoms.